The van der Waals surface area contributed by atoms with Crippen LogP contribution in [0.1, 0.15) is 65.9 Å². The fourth-order valence-electron chi connectivity index (χ4n) is 4.48. The minimum absolute atomic E-state index is 0.113. The Bertz CT molecular complexity index is 764. The zero-order chi connectivity index (χ0) is 19.7. The minimum atomic E-state index is -0.429. The molecule has 4 rings (SSSR count). The van der Waals surface area contributed by atoms with Crippen molar-refractivity contribution < 1.29 is 18.8 Å². The van der Waals surface area contributed by atoms with E-state index in [-0.39, 0.29) is 22.7 Å². The van der Waals surface area contributed by atoms with Gasteiger partial charge in [-0.15, -0.1) is 0 Å². The Morgan fingerprint density at radius 3 is 2.15 bits per heavy atom. The molecular formula is C21H30BNO4. The number of rotatable bonds is 2. The van der Waals surface area contributed by atoms with E-state index in [1.807, 2.05) is 39.8 Å². The predicted octanol–water partition coefficient (Wildman–Crippen LogP) is 3.15. The molecule has 1 amide bonds. The number of carbonyl (C=O) groups is 1. The lowest BCUT2D eigenvalue weighted by atomic mass is 9.65. The van der Waals surface area contributed by atoms with Crippen LogP contribution in [-0.4, -0.2) is 36.9 Å². The second-order valence-electron chi connectivity index (χ2n) is 9.58. The third-order valence-electron chi connectivity index (χ3n) is 7.42. The van der Waals surface area contributed by atoms with Gasteiger partial charge >= 0.3 is 7.12 Å². The van der Waals surface area contributed by atoms with Crippen molar-refractivity contribution in [2.45, 2.75) is 82.5 Å². The normalized spacial score (nSPS) is 34.0. The van der Waals surface area contributed by atoms with Gasteiger partial charge in [-0.2, -0.15) is 0 Å². The summed E-state index contributed by atoms with van der Waals surface area (Å²) in [6.07, 6.45) is 3.39. The standard InChI is InChI=1S/C21H30BNO4/c1-18(2)19(3,4)27-22(26-18)14-7-8-15-16(13-14)23-17(24)21(15)11-9-20(5,25-6)10-12-21/h7-8,13H,9-12H2,1-6H3,(H,23,24). The Labute approximate surface area is 162 Å². The van der Waals surface area contributed by atoms with Crippen LogP contribution in [0.3, 0.4) is 0 Å². The Kier molecular flexibility index (Phi) is 4.09. The van der Waals surface area contributed by atoms with Gasteiger partial charge in [0.1, 0.15) is 0 Å². The number of benzene rings is 1. The van der Waals surface area contributed by atoms with E-state index in [2.05, 4.69) is 18.3 Å². The van der Waals surface area contributed by atoms with Crippen molar-refractivity contribution in [2.24, 2.45) is 0 Å². The molecule has 1 aliphatic carbocycles. The van der Waals surface area contributed by atoms with Crippen molar-refractivity contribution in [3.05, 3.63) is 23.8 Å². The molecule has 1 spiro atoms. The van der Waals surface area contributed by atoms with Gasteiger partial charge in [0.15, 0.2) is 0 Å². The molecule has 2 aliphatic heterocycles. The molecule has 1 aromatic carbocycles. The van der Waals surface area contributed by atoms with E-state index in [0.717, 1.165) is 42.4 Å². The Morgan fingerprint density at radius 2 is 1.59 bits per heavy atom. The molecule has 3 aliphatic rings. The van der Waals surface area contributed by atoms with Crippen LogP contribution < -0.4 is 10.8 Å². The topological polar surface area (TPSA) is 56.8 Å². The van der Waals surface area contributed by atoms with Crippen molar-refractivity contribution in [1.29, 1.82) is 0 Å². The van der Waals surface area contributed by atoms with Crippen LogP contribution in [0.4, 0.5) is 5.69 Å². The quantitative estimate of drug-likeness (QED) is 0.812. The number of nitrogens with one attached hydrogen (secondary N) is 1. The van der Waals surface area contributed by atoms with Crippen LogP contribution in [0.5, 0.6) is 0 Å². The number of methoxy groups -OCH3 is 1. The van der Waals surface area contributed by atoms with Crippen molar-refractivity contribution >= 4 is 24.2 Å². The van der Waals surface area contributed by atoms with Crippen LogP contribution in [0.15, 0.2) is 18.2 Å². The zero-order valence-electron chi connectivity index (χ0n) is 17.3. The fraction of sp³-hybridized carbons (Fsp3) is 0.667. The van der Waals surface area contributed by atoms with Gasteiger partial charge in [0, 0.05) is 12.8 Å². The highest BCUT2D eigenvalue weighted by Crippen LogP contribution is 2.50. The van der Waals surface area contributed by atoms with Crippen molar-refractivity contribution in [2.75, 3.05) is 12.4 Å². The molecule has 0 unspecified atom stereocenters. The molecule has 0 radical (unpaired) electrons. The summed E-state index contributed by atoms with van der Waals surface area (Å²) in [7, 11) is 1.34. The molecule has 1 saturated heterocycles. The van der Waals surface area contributed by atoms with E-state index in [0.29, 0.717) is 0 Å². The highest BCUT2D eigenvalue weighted by atomic mass is 16.7. The van der Waals surface area contributed by atoms with Gasteiger partial charge in [-0.1, -0.05) is 12.1 Å². The maximum atomic E-state index is 12.9. The van der Waals surface area contributed by atoms with Gasteiger partial charge in [-0.3, -0.25) is 4.79 Å². The number of hydrogen-bond donors (Lipinski definition) is 1. The first-order chi connectivity index (χ1) is 12.5. The number of carbonyl (C=O) groups excluding carboxylic acids is 1. The summed E-state index contributed by atoms with van der Waals surface area (Å²) >= 11 is 0. The first kappa shape index (κ1) is 19.0. The van der Waals surface area contributed by atoms with Gasteiger partial charge in [-0.25, -0.2) is 0 Å². The Hall–Kier alpha value is -1.37. The summed E-state index contributed by atoms with van der Waals surface area (Å²) in [5.41, 5.74) is 1.63. The van der Waals surface area contributed by atoms with Gasteiger partial charge in [-0.05, 0) is 77.4 Å². The first-order valence-electron chi connectivity index (χ1n) is 9.89. The fourth-order valence-corrected chi connectivity index (χ4v) is 4.48. The summed E-state index contributed by atoms with van der Waals surface area (Å²) in [5.74, 6) is 0.113. The van der Waals surface area contributed by atoms with E-state index in [4.69, 9.17) is 14.0 Å². The number of hydrogen-bond acceptors (Lipinski definition) is 4. The SMILES string of the molecule is COC1(C)CCC2(CC1)C(=O)Nc1cc(B3OC(C)(C)C(C)(C)O3)ccc12. The van der Waals surface area contributed by atoms with Crippen LogP contribution in [0.2, 0.25) is 0 Å². The molecule has 0 aromatic heterocycles. The average molecular weight is 371 g/mol. The Balaban J connectivity index is 1.62. The molecule has 27 heavy (non-hydrogen) atoms. The van der Waals surface area contributed by atoms with Gasteiger partial charge < -0.3 is 19.4 Å². The number of anilines is 1. The summed E-state index contributed by atoms with van der Waals surface area (Å²) in [6, 6.07) is 6.16. The van der Waals surface area contributed by atoms with Crippen LogP contribution in [-0.2, 0) is 24.3 Å². The molecule has 1 N–H and O–H groups in total. The summed E-state index contributed by atoms with van der Waals surface area (Å²) in [4.78, 5) is 12.9. The van der Waals surface area contributed by atoms with E-state index in [1.54, 1.807) is 7.11 Å². The van der Waals surface area contributed by atoms with Crippen molar-refractivity contribution in [3.8, 4) is 0 Å². The number of ether oxygens (including phenoxy) is 1. The maximum Gasteiger partial charge on any atom is 0.494 e. The second kappa shape index (κ2) is 5.82. The van der Waals surface area contributed by atoms with Gasteiger partial charge in [0.25, 0.3) is 0 Å². The molecule has 6 heteroatoms. The maximum absolute atomic E-state index is 12.9. The van der Waals surface area contributed by atoms with E-state index in [9.17, 15) is 4.79 Å². The third kappa shape index (κ3) is 2.76. The van der Waals surface area contributed by atoms with Crippen molar-refractivity contribution in [1.82, 2.24) is 0 Å². The van der Waals surface area contributed by atoms with Gasteiger partial charge in [0.05, 0.1) is 22.2 Å². The summed E-state index contributed by atoms with van der Waals surface area (Å²) in [6.45, 7) is 10.3. The zero-order valence-corrected chi connectivity index (χ0v) is 17.3. The molecule has 1 saturated carbocycles. The second-order valence-corrected chi connectivity index (χ2v) is 9.58. The minimum Gasteiger partial charge on any atom is -0.399 e. The third-order valence-corrected chi connectivity index (χ3v) is 7.42. The average Bonchev–Trinajstić information content (AvgIpc) is 3.00. The largest absolute Gasteiger partial charge is 0.494 e. The lowest BCUT2D eigenvalue weighted by Gasteiger charge is -2.41. The van der Waals surface area contributed by atoms with E-state index < -0.39 is 12.5 Å². The van der Waals surface area contributed by atoms with E-state index in [1.165, 1.54) is 0 Å². The molecule has 1 aromatic rings. The molecular weight excluding hydrogens is 341 g/mol. The summed E-state index contributed by atoms with van der Waals surface area (Å²) in [5, 5.41) is 3.12. The summed E-state index contributed by atoms with van der Waals surface area (Å²) < 4.78 is 18.0. The van der Waals surface area contributed by atoms with Crippen molar-refractivity contribution in [3.63, 3.8) is 0 Å². The molecule has 146 valence electrons. The van der Waals surface area contributed by atoms with Crippen LogP contribution in [0, 0.1) is 0 Å². The molecule has 2 fully saturated rings. The molecule has 2 heterocycles. The monoisotopic (exact) mass is 371 g/mol. The molecule has 5 nitrogen and oxygen atoms in total. The lowest BCUT2D eigenvalue weighted by molar-refractivity contribution is -0.124. The highest BCUT2D eigenvalue weighted by molar-refractivity contribution is 6.62. The highest BCUT2D eigenvalue weighted by Gasteiger charge is 2.54. The molecule has 0 atom stereocenters. The lowest BCUT2D eigenvalue weighted by Crippen LogP contribution is -2.44. The Morgan fingerprint density at radius 1 is 1.00 bits per heavy atom. The number of fused-ring (bicyclic) bond motifs is 2. The molecule has 0 bridgehead atoms. The van der Waals surface area contributed by atoms with Crippen LogP contribution >= 0.6 is 0 Å². The first-order valence-corrected chi connectivity index (χ1v) is 9.89. The smallest absolute Gasteiger partial charge is 0.399 e. The van der Waals surface area contributed by atoms with E-state index >= 15 is 0 Å². The number of amides is 1. The predicted molar refractivity (Wildman–Crippen MR) is 106 cm³/mol. The van der Waals surface area contributed by atoms with Gasteiger partial charge in [0.2, 0.25) is 5.91 Å². The van der Waals surface area contributed by atoms with Crippen LogP contribution in [0.25, 0.3) is 0 Å².